The number of halogens is 1. The third-order valence-corrected chi connectivity index (χ3v) is 3.76. The van der Waals surface area contributed by atoms with Gasteiger partial charge in [-0.15, -0.1) is 0 Å². The lowest BCUT2D eigenvalue weighted by atomic mass is 10.1. The lowest BCUT2D eigenvalue weighted by Crippen LogP contribution is -2.67. The van der Waals surface area contributed by atoms with Crippen LogP contribution in [0.25, 0.3) is 16.6 Å². The second kappa shape index (κ2) is 7.72. The van der Waals surface area contributed by atoms with Gasteiger partial charge >= 0.3 is 0 Å². The highest BCUT2D eigenvalue weighted by Crippen LogP contribution is 2.17. The van der Waals surface area contributed by atoms with Gasteiger partial charge < -0.3 is 10.5 Å². The topological polar surface area (TPSA) is 87.9 Å². The van der Waals surface area contributed by atoms with Crippen molar-refractivity contribution < 1.29 is 9.73 Å². The largest absolute Gasteiger partial charge is 0.481 e. The molecule has 126 valence electrons. The van der Waals surface area contributed by atoms with Crippen molar-refractivity contribution in [3.63, 3.8) is 0 Å². The fraction of sp³-hybridized carbons (Fsp3) is 0.111. The molecule has 3 heterocycles. The molecule has 25 heavy (non-hydrogen) atoms. The van der Waals surface area contributed by atoms with E-state index in [0.29, 0.717) is 23.1 Å². The van der Waals surface area contributed by atoms with Crippen molar-refractivity contribution >= 4 is 34.4 Å². The number of hydrogen-bond acceptors (Lipinski definition) is 5. The van der Waals surface area contributed by atoms with Crippen LogP contribution in [-0.2, 0) is 6.54 Å². The fourth-order valence-electron chi connectivity index (χ4n) is 2.30. The minimum atomic E-state index is 0.427. The molecule has 0 aromatic carbocycles. The van der Waals surface area contributed by atoms with E-state index < -0.39 is 0 Å². The molecule has 3 aromatic heterocycles. The molecule has 0 aliphatic carbocycles. The van der Waals surface area contributed by atoms with Gasteiger partial charge in [-0.1, -0.05) is 17.7 Å². The smallest absolute Gasteiger partial charge is 0.213 e. The van der Waals surface area contributed by atoms with E-state index in [1.165, 1.54) is 6.20 Å². The lowest BCUT2D eigenvalue weighted by Gasteiger charge is -2.02. The van der Waals surface area contributed by atoms with Crippen LogP contribution in [0.5, 0.6) is 5.88 Å². The Morgan fingerprint density at radius 3 is 2.92 bits per heavy atom. The van der Waals surface area contributed by atoms with Crippen molar-refractivity contribution in [3.05, 3.63) is 65.2 Å². The van der Waals surface area contributed by atoms with Gasteiger partial charge in [0.25, 0.3) is 0 Å². The molecule has 3 N–H and O–H groups in total. The quantitative estimate of drug-likeness (QED) is 0.533. The molecule has 0 aliphatic heterocycles. The Bertz CT molecular complexity index is 955. The standard InChI is InChI=1S/C18H16ClN5O/c1-25-18-4-2-3-14(23-18)11-21-9-13(8-20)12-7-16-15(22-10-12)5-6-17(19)24-16/h2-10H,11,20H2,1H3/p+1. The molecule has 7 heteroatoms. The molecule has 3 rings (SSSR count). The van der Waals surface area contributed by atoms with Gasteiger partial charge in [0.2, 0.25) is 5.88 Å². The maximum Gasteiger partial charge on any atom is 0.213 e. The highest BCUT2D eigenvalue weighted by Gasteiger charge is 2.06. The molecule has 0 fully saturated rings. The molecule has 0 spiro atoms. The van der Waals surface area contributed by atoms with Crippen LogP contribution in [0.1, 0.15) is 11.3 Å². The van der Waals surface area contributed by atoms with Crippen molar-refractivity contribution in [1.29, 1.82) is 0 Å². The van der Waals surface area contributed by atoms with Crippen LogP contribution in [0.15, 0.2) is 48.8 Å². The maximum atomic E-state index is 5.95. The summed E-state index contributed by atoms with van der Waals surface area (Å²) in [5.41, 5.74) is 9.74. The molecule has 0 saturated carbocycles. The van der Waals surface area contributed by atoms with Crippen LogP contribution in [-0.4, -0.2) is 28.3 Å². The van der Waals surface area contributed by atoms with Gasteiger partial charge in [-0.2, -0.15) is 0 Å². The van der Waals surface area contributed by atoms with Crippen molar-refractivity contribution in [3.8, 4) is 5.88 Å². The lowest BCUT2D eigenvalue weighted by molar-refractivity contribution is -0.469. The van der Waals surface area contributed by atoms with E-state index in [9.17, 15) is 0 Å². The summed E-state index contributed by atoms with van der Waals surface area (Å²) in [6, 6.07) is 11.1. The Labute approximate surface area is 150 Å². The van der Waals surface area contributed by atoms with Crippen LogP contribution >= 0.6 is 11.6 Å². The molecule has 0 radical (unpaired) electrons. The van der Waals surface area contributed by atoms with E-state index in [0.717, 1.165) is 22.3 Å². The number of allylic oxidation sites excluding steroid dienone is 1. The Hall–Kier alpha value is -2.99. The Kier molecular flexibility index (Phi) is 5.20. The SMILES string of the molecule is COc1cccc(C[NH+]=CC(=CN)c2cnc3ccc(Cl)nc3c2)n1. The number of fused-ring (bicyclic) bond motifs is 1. The molecular weight excluding hydrogens is 338 g/mol. The summed E-state index contributed by atoms with van der Waals surface area (Å²) in [6.07, 6.45) is 5.08. The van der Waals surface area contributed by atoms with E-state index in [1.807, 2.05) is 30.5 Å². The number of aromatic nitrogens is 3. The zero-order chi connectivity index (χ0) is 17.6. The molecule has 0 unspecified atom stereocenters. The molecular formula is C18H17ClN5O+. The van der Waals surface area contributed by atoms with Gasteiger partial charge in [0.05, 0.1) is 23.7 Å². The Morgan fingerprint density at radius 2 is 2.12 bits per heavy atom. The number of rotatable bonds is 5. The number of nitrogens with two attached hydrogens (primary N) is 1. The number of nitrogens with one attached hydrogen (secondary N) is 1. The minimum Gasteiger partial charge on any atom is -0.481 e. The first-order valence-electron chi connectivity index (χ1n) is 7.60. The number of pyridine rings is 3. The molecule has 3 aromatic rings. The number of ether oxygens (including phenoxy) is 1. The normalized spacial score (nSPS) is 12.0. The zero-order valence-electron chi connectivity index (χ0n) is 13.6. The van der Waals surface area contributed by atoms with E-state index in [4.69, 9.17) is 22.1 Å². The van der Waals surface area contributed by atoms with Crippen molar-refractivity contribution in [2.24, 2.45) is 5.73 Å². The minimum absolute atomic E-state index is 0.427. The van der Waals surface area contributed by atoms with Gasteiger partial charge in [-0.05, 0) is 24.3 Å². The zero-order valence-corrected chi connectivity index (χ0v) is 14.4. The van der Waals surface area contributed by atoms with E-state index in [1.54, 1.807) is 25.4 Å². The summed E-state index contributed by atoms with van der Waals surface area (Å²) in [7, 11) is 1.59. The highest BCUT2D eigenvalue weighted by atomic mass is 35.5. The number of nitrogens with zero attached hydrogens (tertiary/aromatic N) is 3. The average molecular weight is 355 g/mol. The van der Waals surface area contributed by atoms with Crippen LogP contribution in [0, 0.1) is 0 Å². The van der Waals surface area contributed by atoms with Crippen molar-refractivity contribution in [2.45, 2.75) is 6.54 Å². The molecule has 0 bridgehead atoms. The first-order valence-corrected chi connectivity index (χ1v) is 7.98. The van der Waals surface area contributed by atoms with Gasteiger partial charge in [-0.25, -0.2) is 15.0 Å². The molecule has 0 amide bonds. The maximum absolute atomic E-state index is 5.95. The number of methoxy groups -OCH3 is 1. The second-order valence-electron chi connectivity index (χ2n) is 5.21. The predicted octanol–water partition coefficient (Wildman–Crippen LogP) is 1.34. The molecule has 0 atom stereocenters. The van der Waals surface area contributed by atoms with Crippen LogP contribution < -0.4 is 15.5 Å². The molecule has 6 nitrogen and oxygen atoms in total. The van der Waals surface area contributed by atoms with E-state index >= 15 is 0 Å². The summed E-state index contributed by atoms with van der Waals surface area (Å²) in [6.45, 7) is 0.541. The van der Waals surface area contributed by atoms with Gasteiger partial charge in [0, 0.05) is 24.0 Å². The monoisotopic (exact) mass is 354 g/mol. The Balaban J connectivity index is 1.80. The fourth-order valence-corrected chi connectivity index (χ4v) is 2.46. The second-order valence-corrected chi connectivity index (χ2v) is 5.60. The van der Waals surface area contributed by atoms with E-state index in [2.05, 4.69) is 19.9 Å². The highest BCUT2D eigenvalue weighted by molar-refractivity contribution is 6.29. The van der Waals surface area contributed by atoms with Crippen molar-refractivity contribution in [2.75, 3.05) is 7.11 Å². The summed E-state index contributed by atoms with van der Waals surface area (Å²) >= 11 is 5.95. The van der Waals surface area contributed by atoms with Gasteiger partial charge in [0.1, 0.15) is 10.8 Å². The number of hydrogen-bond donors (Lipinski definition) is 2. The summed E-state index contributed by atoms with van der Waals surface area (Å²) < 4.78 is 5.12. The third kappa shape index (κ3) is 4.10. The summed E-state index contributed by atoms with van der Waals surface area (Å²) in [5.74, 6) is 0.579. The van der Waals surface area contributed by atoms with Crippen LogP contribution in [0.3, 0.4) is 0 Å². The van der Waals surface area contributed by atoms with Gasteiger partial charge in [-0.3, -0.25) is 4.98 Å². The predicted molar refractivity (Wildman–Crippen MR) is 98.2 cm³/mol. The average Bonchev–Trinajstić information content (AvgIpc) is 2.65. The van der Waals surface area contributed by atoms with E-state index in [-0.39, 0.29) is 0 Å². The van der Waals surface area contributed by atoms with Crippen LogP contribution in [0.2, 0.25) is 5.15 Å². The van der Waals surface area contributed by atoms with Gasteiger partial charge in [0.15, 0.2) is 12.8 Å². The third-order valence-electron chi connectivity index (χ3n) is 3.55. The first kappa shape index (κ1) is 16.9. The summed E-state index contributed by atoms with van der Waals surface area (Å²) in [5, 5.41) is 0.427. The summed E-state index contributed by atoms with van der Waals surface area (Å²) in [4.78, 5) is 16.2. The molecule has 0 aliphatic rings. The Morgan fingerprint density at radius 1 is 1.24 bits per heavy atom. The first-order chi connectivity index (χ1) is 12.2. The van der Waals surface area contributed by atoms with Crippen LogP contribution in [0.4, 0.5) is 0 Å². The molecule has 0 saturated heterocycles. The van der Waals surface area contributed by atoms with Crippen molar-refractivity contribution in [1.82, 2.24) is 15.0 Å².